The quantitative estimate of drug-likeness (QED) is 0.717. The summed E-state index contributed by atoms with van der Waals surface area (Å²) in [5.41, 5.74) is 2.30. The Kier molecular flexibility index (Phi) is 4.37. The van der Waals surface area contributed by atoms with Crippen molar-refractivity contribution in [3.8, 4) is 0 Å². The second-order valence-electron chi connectivity index (χ2n) is 5.32. The number of amides is 2. The smallest absolute Gasteiger partial charge is 0.314 e. The summed E-state index contributed by atoms with van der Waals surface area (Å²) in [5.74, 6) is 0. The van der Waals surface area contributed by atoms with E-state index in [9.17, 15) is 4.79 Å². The van der Waals surface area contributed by atoms with Crippen LogP contribution in [0.2, 0.25) is 0 Å². The second kappa shape index (κ2) is 6.02. The molecule has 19 heavy (non-hydrogen) atoms. The number of aromatic nitrogens is 1. The van der Waals surface area contributed by atoms with Crippen molar-refractivity contribution in [3.63, 3.8) is 0 Å². The van der Waals surface area contributed by atoms with Gasteiger partial charge in [0, 0.05) is 30.9 Å². The Morgan fingerprint density at radius 1 is 1.47 bits per heavy atom. The van der Waals surface area contributed by atoms with Crippen LogP contribution in [0.4, 0.5) is 4.79 Å². The molecular formula is C14H21N3O2. The van der Waals surface area contributed by atoms with Crippen molar-refractivity contribution in [1.29, 1.82) is 0 Å². The van der Waals surface area contributed by atoms with Gasteiger partial charge >= 0.3 is 6.03 Å². The largest absolute Gasteiger partial charge is 0.396 e. The molecule has 1 aliphatic rings. The van der Waals surface area contributed by atoms with Gasteiger partial charge in [0.1, 0.15) is 0 Å². The van der Waals surface area contributed by atoms with Crippen LogP contribution in [0.15, 0.2) is 18.5 Å². The third kappa shape index (κ3) is 3.92. The molecule has 104 valence electrons. The third-order valence-corrected chi connectivity index (χ3v) is 3.73. The summed E-state index contributed by atoms with van der Waals surface area (Å²) in [7, 11) is 0. The predicted octanol–water partition coefficient (Wildman–Crippen LogP) is 1.00. The average Bonchev–Trinajstić information content (AvgIpc) is 3.19. The Balaban J connectivity index is 1.65. The molecule has 0 spiro atoms. The highest BCUT2D eigenvalue weighted by Crippen LogP contribution is 2.44. The fourth-order valence-corrected chi connectivity index (χ4v) is 1.99. The summed E-state index contributed by atoms with van der Waals surface area (Å²) in [6, 6.07) is 1.81. The van der Waals surface area contributed by atoms with Crippen LogP contribution >= 0.6 is 0 Å². The number of carbonyl (C=O) groups excluding carboxylic acids is 1. The minimum atomic E-state index is -0.161. The SMILES string of the molecule is Cc1cnccc1CCNC(=O)NCC1(CO)CC1. The first-order valence-electron chi connectivity index (χ1n) is 6.67. The minimum absolute atomic E-state index is 0.0426. The summed E-state index contributed by atoms with van der Waals surface area (Å²) in [6.45, 7) is 3.33. The molecule has 1 fully saturated rings. The van der Waals surface area contributed by atoms with Gasteiger partial charge in [0.25, 0.3) is 0 Å². The molecule has 1 aliphatic carbocycles. The number of hydrogen-bond acceptors (Lipinski definition) is 3. The maximum Gasteiger partial charge on any atom is 0.314 e. The number of aliphatic hydroxyl groups excluding tert-OH is 1. The molecule has 0 bridgehead atoms. The first kappa shape index (κ1) is 13.8. The van der Waals surface area contributed by atoms with Crippen molar-refractivity contribution in [2.45, 2.75) is 26.2 Å². The van der Waals surface area contributed by atoms with Gasteiger partial charge in [-0.3, -0.25) is 4.98 Å². The molecule has 1 heterocycles. The number of rotatable bonds is 6. The van der Waals surface area contributed by atoms with Crippen molar-refractivity contribution in [2.24, 2.45) is 5.41 Å². The van der Waals surface area contributed by atoms with Crippen LogP contribution in [0.3, 0.4) is 0 Å². The number of aliphatic hydroxyl groups is 1. The highest BCUT2D eigenvalue weighted by atomic mass is 16.3. The fourth-order valence-electron chi connectivity index (χ4n) is 1.99. The highest BCUT2D eigenvalue weighted by Gasteiger charge is 2.41. The summed E-state index contributed by atoms with van der Waals surface area (Å²) in [6.07, 6.45) is 6.39. The molecule has 1 aromatic rings. The Bertz CT molecular complexity index is 444. The molecule has 2 amide bonds. The van der Waals surface area contributed by atoms with Crippen molar-refractivity contribution < 1.29 is 9.90 Å². The van der Waals surface area contributed by atoms with Gasteiger partial charge in [0.05, 0.1) is 6.61 Å². The Morgan fingerprint density at radius 2 is 2.26 bits per heavy atom. The topological polar surface area (TPSA) is 74.2 Å². The Hall–Kier alpha value is -1.62. The lowest BCUT2D eigenvalue weighted by atomic mass is 10.1. The lowest BCUT2D eigenvalue weighted by molar-refractivity contribution is 0.203. The van der Waals surface area contributed by atoms with Crippen molar-refractivity contribution in [1.82, 2.24) is 15.6 Å². The number of nitrogens with zero attached hydrogens (tertiary/aromatic N) is 1. The average molecular weight is 263 g/mol. The molecule has 1 aromatic heterocycles. The predicted molar refractivity (Wildman–Crippen MR) is 72.8 cm³/mol. The van der Waals surface area contributed by atoms with Gasteiger partial charge in [-0.25, -0.2) is 4.79 Å². The Morgan fingerprint density at radius 3 is 2.89 bits per heavy atom. The molecule has 0 aromatic carbocycles. The van der Waals surface area contributed by atoms with E-state index in [2.05, 4.69) is 15.6 Å². The standard InChI is InChI=1S/C14H21N3O2/c1-11-8-15-6-2-12(11)3-7-16-13(19)17-9-14(10-18)4-5-14/h2,6,8,18H,3-5,7,9-10H2,1H3,(H2,16,17,19). The molecule has 0 saturated heterocycles. The number of urea groups is 1. The van der Waals surface area contributed by atoms with Gasteiger partial charge in [-0.2, -0.15) is 0 Å². The van der Waals surface area contributed by atoms with Gasteiger partial charge in [0.15, 0.2) is 0 Å². The maximum atomic E-state index is 11.6. The van der Waals surface area contributed by atoms with Crippen LogP contribution in [0.5, 0.6) is 0 Å². The molecule has 2 rings (SSSR count). The number of aryl methyl sites for hydroxylation is 1. The van der Waals surface area contributed by atoms with E-state index in [1.807, 2.05) is 19.2 Å². The first-order valence-corrected chi connectivity index (χ1v) is 6.67. The van der Waals surface area contributed by atoms with Gasteiger partial charge in [0.2, 0.25) is 0 Å². The zero-order valence-corrected chi connectivity index (χ0v) is 11.3. The van der Waals surface area contributed by atoms with Gasteiger partial charge < -0.3 is 15.7 Å². The van der Waals surface area contributed by atoms with E-state index in [1.54, 1.807) is 6.20 Å². The number of pyridine rings is 1. The zero-order valence-electron chi connectivity index (χ0n) is 11.3. The zero-order chi connectivity index (χ0) is 13.7. The van der Waals surface area contributed by atoms with E-state index < -0.39 is 0 Å². The molecule has 0 aliphatic heterocycles. The van der Waals surface area contributed by atoms with Crippen LogP contribution < -0.4 is 10.6 Å². The van der Waals surface area contributed by atoms with Gasteiger partial charge in [-0.1, -0.05) is 0 Å². The molecule has 3 N–H and O–H groups in total. The lowest BCUT2D eigenvalue weighted by Gasteiger charge is -2.13. The highest BCUT2D eigenvalue weighted by molar-refractivity contribution is 5.73. The molecule has 0 radical (unpaired) electrons. The third-order valence-electron chi connectivity index (χ3n) is 3.73. The van der Waals surface area contributed by atoms with E-state index in [1.165, 1.54) is 5.56 Å². The van der Waals surface area contributed by atoms with E-state index in [-0.39, 0.29) is 18.1 Å². The number of nitrogens with one attached hydrogen (secondary N) is 2. The lowest BCUT2D eigenvalue weighted by Crippen LogP contribution is -2.40. The van der Waals surface area contributed by atoms with E-state index in [4.69, 9.17) is 5.11 Å². The van der Waals surface area contributed by atoms with Gasteiger partial charge in [-0.05, 0) is 43.4 Å². The summed E-state index contributed by atoms with van der Waals surface area (Å²) < 4.78 is 0. The van der Waals surface area contributed by atoms with E-state index >= 15 is 0 Å². The molecule has 5 nitrogen and oxygen atoms in total. The van der Waals surface area contributed by atoms with Crippen LogP contribution in [-0.4, -0.2) is 35.8 Å². The van der Waals surface area contributed by atoms with E-state index in [0.29, 0.717) is 13.1 Å². The summed E-state index contributed by atoms with van der Waals surface area (Å²) in [4.78, 5) is 15.6. The normalized spacial score (nSPS) is 15.9. The fraction of sp³-hybridized carbons (Fsp3) is 0.571. The van der Waals surface area contributed by atoms with Crippen LogP contribution in [0.1, 0.15) is 24.0 Å². The molecule has 0 atom stereocenters. The second-order valence-corrected chi connectivity index (χ2v) is 5.32. The number of carbonyl (C=O) groups is 1. The molecule has 0 unspecified atom stereocenters. The molecule has 5 heteroatoms. The van der Waals surface area contributed by atoms with Crippen molar-refractivity contribution in [3.05, 3.63) is 29.6 Å². The first-order chi connectivity index (χ1) is 9.15. The van der Waals surface area contributed by atoms with E-state index in [0.717, 1.165) is 24.8 Å². The molecule has 1 saturated carbocycles. The minimum Gasteiger partial charge on any atom is -0.396 e. The Labute approximate surface area is 113 Å². The summed E-state index contributed by atoms with van der Waals surface area (Å²) >= 11 is 0. The summed E-state index contributed by atoms with van der Waals surface area (Å²) in [5, 5.41) is 14.8. The van der Waals surface area contributed by atoms with Crippen molar-refractivity contribution in [2.75, 3.05) is 19.7 Å². The van der Waals surface area contributed by atoms with Crippen LogP contribution in [0, 0.1) is 12.3 Å². The van der Waals surface area contributed by atoms with Crippen molar-refractivity contribution >= 4 is 6.03 Å². The number of hydrogen-bond donors (Lipinski definition) is 3. The monoisotopic (exact) mass is 263 g/mol. The van der Waals surface area contributed by atoms with Gasteiger partial charge in [-0.15, -0.1) is 0 Å². The van der Waals surface area contributed by atoms with Crippen LogP contribution in [-0.2, 0) is 6.42 Å². The maximum absolute atomic E-state index is 11.6. The molecular weight excluding hydrogens is 242 g/mol. The van der Waals surface area contributed by atoms with Crippen LogP contribution in [0.25, 0.3) is 0 Å².